The number of carbonyl (C=O) groups excluding carboxylic acids is 1. The van der Waals surface area contributed by atoms with Crippen LogP contribution in [0.15, 0.2) is 4.99 Å². The number of carbonyl (C=O) groups is 1. The van der Waals surface area contributed by atoms with E-state index in [-0.39, 0.29) is 5.17 Å². The first kappa shape index (κ1) is 22.2. The number of hydrogen-bond donors (Lipinski definition) is 3. The van der Waals surface area contributed by atoms with Gasteiger partial charge in [-0.25, -0.2) is 9.18 Å². The van der Waals surface area contributed by atoms with Crippen molar-refractivity contribution >= 4 is 23.0 Å². The van der Waals surface area contributed by atoms with Gasteiger partial charge in [-0.05, 0) is 27.2 Å². The summed E-state index contributed by atoms with van der Waals surface area (Å²) in [7, 11) is 0. The minimum absolute atomic E-state index is 0.109. The second kappa shape index (κ2) is 7.37. The molecule has 0 aromatic carbocycles. The number of alkyl halides is 4. The molecule has 27 heavy (non-hydrogen) atoms. The van der Waals surface area contributed by atoms with E-state index in [0.29, 0.717) is 11.8 Å². The molecule has 0 radical (unpaired) electrons. The summed E-state index contributed by atoms with van der Waals surface area (Å²) in [5.74, 6) is 0. The quantitative estimate of drug-likeness (QED) is 0.594. The molecule has 12 heteroatoms. The highest BCUT2D eigenvalue weighted by Crippen LogP contribution is 2.47. The van der Waals surface area contributed by atoms with Gasteiger partial charge in [-0.2, -0.15) is 13.2 Å². The van der Waals surface area contributed by atoms with Crippen LogP contribution in [0, 0.1) is 0 Å². The zero-order valence-electron chi connectivity index (χ0n) is 15.1. The van der Waals surface area contributed by atoms with Crippen LogP contribution in [-0.4, -0.2) is 68.7 Å². The van der Waals surface area contributed by atoms with Crippen LogP contribution in [-0.2, 0) is 9.47 Å². The number of rotatable bonds is 2. The van der Waals surface area contributed by atoms with Gasteiger partial charge < -0.3 is 19.7 Å². The van der Waals surface area contributed by atoms with Gasteiger partial charge in [0.05, 0.1) is 0 Å². The number of nitrogens with zero attached hydrogens (tertiary/aromatic N) is 1. The molecule has 0 spiro atoms. The molecule has 1 amide bonds. The number of nitrogens with one attached hydrogen (secondary N) is 1. The standard InChI is InChI=1S/C15H22F4N2O5S/c1-5-14(10(23)15(17,18)19)8(22)6(16)7-9(25-14)27-11(20-7)21-12(24)26-13(2,3)4/h6-10,22-23H,5H2,1-4H3,(H,20,21,24)/t6-,7+,8-,9+,10+,14-/m0/s1. The van der Waals surface area contributed by atoms with Gasteiger partial charge in [0.15, 0.2) is 17.4 Å². The number of ether oxygens (including phenoxy) is 2. The lowest BCUT2D eigenvalue weighted by molar-refractivity contribution is -0.311. The summed E-state index contributed by atoms with van der Waals surface area (Å²) >= 11 is 0.687. The van der Waals surface area contributed by atoms with Gasteiger partial charge in [0.2, 0.25) is 0 Å². The lowest BCUT2D eigenvalue weighted by atomic mass is 9.80. The molecule has 2 rings (SSSR count). The summed E-state index contributed by atoms with van der Waals surface area (Å²) < 4.78 is 64.2. The van der Waals surface area contributed by atoms with Crippen molar-refractivity contribution in [1.29, 1.82) is 0 Å². The third-order valence-electron chi connectivity index (χ3n) is 4.17. The molecule has 2 heterocycles. The summed E-state index contributed by atoms with van der Waals surface area (Å²) in [5, 5.41) is 22.0. The molecule has 6 atom stereocenters. The highest BCUT2D eigenvalue weighted by Gasteiger charge is 2.64. The van der Waals surface area contributed by atoms with E-state index >= 15 is 0 Å². The van der Waals surface area contributed by atoms with Gasteiger partial charge in [0.25, 0.3) is 0 Å². The fourth-order valence-corrected chi connectivity index (χ4v) is 4.03. The Kier molecular flexibility index (Phi) is 6.06. The average molecular weight is 418 g/mol. The lowest BCUT2D eigenvalue weighted by Crippen LogP contribution is -2.68. The van der Waals surface area contributed by atoms with Gasteiger partial charge in [0.1, 0.15) is 28.8 Å². The summed E-state index contributed by atoms with van der Waals surface area (Å²) in [5.41, 5.74) is -4.64. The van der Waals surface area contributed by atoms with Gasteiger partial charge in [-0.1, -0.05) is 18.7 Å². The first-order valence-electron chi connectivity index (χ1n) is 8.20. The number of hydrogen-bond acceptors (Lipinski definition) is 7. The predicted octanol–water partition coefficient (Wildman–Crippen LogP) is 2.11. The monoisotopic (exact) mass is 418 g/mol. The third-order valence-corrected chi connectivity index (χ3v) is 5.21. The highest BCUT2D eigenvalue weighted by molar-refractivity contribution is 8.14. The Labute approximate surface area is 157 Å². The Bertz CT molecular complexity index is 612. The Hall–Kier alpha value is -1.11. The molecule has 0 bridgehead atoms. The molecule has 2 aliphatic heterocycles. The minimum atomic E-state index is -5.12. The molecule has 1 fully saturated rings. The SMILES string of the molecule is CC[C@]1([C@@H](O)C(F)(F)F)O[C@@H]2SC(NC(=O)OC(C)(C)C)=N[C@@H]2[C@H](F)[C@@H]1O. The van der Waals surface area contributed by atoms with E-state index in [1.807, 2.05) is 0 Å². The first-order valence-corrected chi connectivity index (χ1v) is 9.08. The smallest absolute Gasteiger partial charge is 0.417 e. The van der Waals surface area contributed by atoms with E-state index in [1.165, 1.54) is 6.92 Å². The van der Waals surface area contributed by atoms with E-state index in [9.17, 15) is 32.6 Å². The van der Waals surface area contributed by atoms with Crippen molar-refractivity contribution in [1.82, 2.24) is 5.32 Å². The molecule has 0 aromatic heterocycles. The second-order valence-corrected chi connectivity index (χ2v) is 8.38. The van der Waals surface area contributed by atoms with Gasteiger partial charge >= 0.3 is 12.3 Å². The number of aliphatic hydroxyl groups excluding tert-OH is 2. The second-order valence-electron chi connectivity index (χ2n) is 7.30. The van der Waals surface area contributed by atoms with Gasteiger partial charge in [-0.15, -0.1) is 0 Å². The molecule has 156 valence electrons. The predicted molar refractivity (Wildman–Crippen MR) is 89.0 cm³/mol. The number of amides is 1. The topological polar surface area (TPSA) is 100 Å². The third kappa shape index (κ3) is 4.49. The lowest BCUT2D eigenvalue weighted by Gasteiger charge is -2.48. The number of fused-ring (bicyclic) bond motifs is 1. The van der Waals surface area contributed by atoms with Crippen molar-refractivity contribution in [2.45, 2.75) is 81.4 Å². The number of aliphatic imine (C=N–C) groups is 1. The van der Waals surface area contributed by atoms with Crippen LogP contribution in [0.5, 0.6) is 0 Å². The van der Waals surface area contributed by atoms with Crippen LogP contribution in [0.4, 0.5) is 22.4 Å². The first-order chi connectivity index (χ1) is 12.2. The van der Waals surface area contributed by atoms with Gasteiger partial charge in [0, 0.05) is 0 Å². The summed E-state index contributed by atoms with van der Waals surface area (Å²) in [6.07, 6.45) is -14.1. The average Bonchev–Trinajstić information content (AvgIpc) is 2.89. The summed E-state index contributed by atoms with van der Waals surface area (Å²) in [6, 6.07) is -1.34. The molecule has 0 saturated carbocycles. The van der Waals surface area contributed by atoms with Crippen LogP contribution >= 0.6 is 11.8 Å². The Balaban J connectivity index is 2.19. The van der Waals surface area contributed by atoms with E-state index in [4.69, 9.17) is 9.47 Å². The van der Waals surface area contributed by atoms with E-state index in [2.05, 4.69) is 10.3 Å². The summed E-state index contributed by atoms with van der Waals surface area (Å²) in [4.78, 5) is 15.7. The molecule has 2 aliphatic rings. The summed E-state index contributed by atoms with van der Waals surface area (Å²) in [6.45, 7) is 6.12. The maximum atomic E-state index is 14.7. The highest BCUT2D eigenvalue weighted by atomic mass is 32.2. The Morgan fingerprint density at radius 1 is 1.44 bits per heavy atom. The Morgan fingerprint density at radius 2 is 2.04 bits per heavy atom. The molecule has 1 saturated heterocycles. The zero-order valence-corrected chi connectivity index (χ0v) is 15.9. The van der Waals surface area contributed by atoms with Crippen LogP contribution in [0.3, 0.4) is 0 Å². The van der Waals surface area contributed by atoms with Crippen molar-refractivity contribution in [2.75, 3.05) is 0 Å². The van der Waals surface area contributed by atoms with Crippen molar-refractivity contribution in [2.24, 2.45) is 4.99 Å². The molecular formula is C15H22F4N2O5S. The molecule has 0 aromatic rings. The van der Waals surface area contributed by atoms with E-state index < -0.39 is 59.7 Å². The zero-order chi connectivity index (χ0) is 20.8. The molecule has 3 N–H and O–H groups in total. The van der Waals surface area contributed by atoms with E-state index in [1.54, 1.807) is 20.8 Å². The largest absolute Gasteiger partial charge is 0.444 e. The van der Waals surface area contributed by atoms with Crippen LogP contribution < -0.4 is 5.32 Å². The number of thioether (sulfide) groups is 1. The molecule has 0 unspecified atom stereocenters. The molecule has 0 aliphatic carbocycles. The van der Waals surface area contributed by atoms with E-state index in [0.717, 1.165) is 0 Å². The number of halogens is 4. The molecule has 7 nitrogen and oxygen atoms in total. The Morgan fingerprint density at radius 3 is 2.52 bits per heavy atom. The fraction of sp³-hybridized carbons (Fsp3) is 0.867. The number of alkyl carbamates (subject to hydrolysis) is 1. The fourth-order valence-electron chi connectivity index (χ4n) is 2.91. The van der Waals surface area contributed by atoms with Crippen LogP contribution in [0.1, 0.15) is 34.1 Å². The van der Waals surface area contributed by atoms with Gasteiger partial charge in [-0.3, -0.25) is 10.3 Å². The van der Waals surface area contributed by atoms with Crippen LogP contribution in [0.2, 0.25) is 0 Å². The maximum absolute atomic E-state index is 14.7. The number of aliphatic hydroxyl groups is 2. The minimum Gasteiger partial charge on any atom is -0.444 e. The van der Waals surface area contributed by atoms with Crippen LogP contribution in [0.25, 0.3) is 0 Å². The molecular weight excluding hydrogens is 396 g/mol. The maximum Gasteiger partial charge on any atom is 0.417 e. The van der Waals surface area contributed by atoms with Crippen molar-refractivity contribution in [3.63, 3.8) is 0 Å². The van der Waals surface area contributed by atoms with Crippen molar-refractivity contribution in [3.05, 3.63) is 0 Å². The van der Waals surface area contributed by atoms with Crippen molar-refractivity contribution < 1.29 is 42.0 Å². The number of amidine groups is 1. The van der Waals surface area contributed by atoms with Crippen molar-refractivity contribution in [3.8, 4) is 0 Å². The normalized spacial score (nSPS) is 35.3.